The lowest BCUT2D eigenvalue weighted by Crippen LogP contribution is -2.14. The highest BCUT2D eigenvalue weighted by atomic mass is 15.2. The van der Waals surface area contributed by atoms with Crippen LogP contribution in [0.1, 0.15) is 17.2 Å². The van der Waals surface area contributed by atoms with Gasteiger partial charge in [-0.3, -0.25) is 0 Å². The van der Waals surface area contributed by atoms with Gasteiger partial charge in [0, 0.05) is 39.1 Å². The zero-order valence-electron chi connectivity index (χ0n) is 24.1. The predicted octanol–water partition coefficient (Wildman–Crippen LogP) is 10.9. The van der Waals surface area contributed by atoms with Crippen LogP contribution in [0.2, 0.25) is 0 Å². The number of hydrogen-bond acceptors (Lipinski definition) is 2. The van der Waals surface area contributed by atoms with Gasteiger partial charge in [0.2, 0.25) is 0 Å². The van der Waals surface area contributed by atoms with Crippen molar-refractivity contribution in [2.75, 3.05) is 10.2 Å². The van der Waals surface area contributed by atoms with Gasteiger partial charge in [-0.25, -0.2) is 0 Å². The number of aromatic nitrogens is 1. The summed E-state index contributed by atoms with van der Waals surface area (Å²) in [5, 5.41) is 4.99. The molecule has 1 N–H and O–H groups in total. The molecule has 208 valence electrons. The first kappa shape index (κ1) is 24.8. The van der Waals surface area contributed by atoms with E-state index in [4.69, 9.17) is 0 Å². The van der Waals surface area contributed by atoms with Crippen LogP contribution in [0, 0.1) is 0 Å². The monoisotopic (exact) mass is 563 g/mol. The number of fused-ring (bicyclic) bond motifs is 8. The van der Waals surface area contributed by atoms with Gasteiger partial charge in [-0.15, -0.1) is 0 Å². The minimum absolute atomic E-state index is 0.0888. The lowest BCUT2D eigenvalue weighted by Gasteiger charge is -2.29. The van der Waals surface area contributed by atoms with Crippen LogP contribution in [-0.2, 0) is 0 Å². The highest BCUT2D eigenvalue weighted by molar-refractivity contribution is 6.12. The van der Waals surface area contributed by atoms with E-state index in [0.29, 0.717) is 0 Å². The van der Waals surface area contributed by atoms with Gasteiger partial charge in [0.15, 0.2) is 0 Å². The standard InChI is InChI=1S/C41H29N3/c1-2-15-30(16-3-1)44-38-23-10-6-19-33(38)40-32-18-5-9-22-37(32)43(39-24-11-7-20-34(39)41(40)44)31-17-12-14-29(27-31)36-26-25-28-13-4-8-21-35(28)42-36/h1-27,36,42H. The molecule has 0 spiro atoms. The van der Waals surface area contributed by atoms with Crippen molar-refractivity contribution in [1.29, 1.82) is 0 Å². The van der Waals surface area contributed by atoms with E-state index in [9.17, 15) is 0 Å². The van der Waals surface area contributed by atoms with E-state index >= 15 is 0 Å². The summed E-state index contributed by atoms with van der Waals surface area (Å²) in [6, 6.07) is 54.8. The van der Waals surface area contributed by atoms with Gasteiger partial charge >= 0.3 is 0 Å². The summed E-state index contributed by atoms with van der Waals surface area (Å²) >= 11 is 0. The van der Waals surface area contributed by atoms with Crippen LogP contribution in [0.15, 0.2) is 158 Å². The van der Waals surface area contributed by atoms with Crippen molar-refractivity contribution in [3.05, 3.63) is 169 Å². The van der Waals surface area contributed by atoms with Crippen LogP contribution in [0.25, 0.3) is 45.1 Å². The van der Waals surface area contributed by atoms with E-state index in [1.165, 1.54) is 50.1 Å². The average molecular weight is 564 g/mol. The quantitative estimate of drug-likeness (QED) is 0.231. The second kappa shape index (κ2) is 9.89. The predicted molar refractivity (Wildman–Crippen MR) is 184 cm³/mol. The Balaban J connectivity index is 1.29. The van der Waals surface area contributed by atoms with Crippen LogP contribution in [0.3, 0.4) is 0 Å². The molecule has 0 fully saturated rings. The fourth-order valence-electron chi connectivity index (χ4n) is 7.01. The number of nitrogens with zero attached hydrogens (tertiary/aromatic N) is 2. The van der Waals surface area contributed by atoms with Gasteiger partial charge in [-0.1, -0.05) is 115 Å². The van der Waals surface area contributed by atoms with E-state index in [-0.39, 0.29) is 6.04 Å². The summed E-state index contributed by atoms with van der Waals surface area (Å²) < 4.78 is 2.44. The van der Waals surface area contributed by atoms with Crippen molar-refractivity contribution in [2.24, 2.45) is 0 Å². The van der Waals surface area contributed by atoms with Gasteiger partial charge in [0.1, 0.15) is 0 Å². The smallest absolute Gasteiger partial charge is 0.0702 e. The molecule has 0 aliphatic carbocycles. The summed E-state index contributed by atoms with van der Waals surface area (Å²) in [5.41, 5.74) is 14.3. The molecule has 1 atom stereocenters. The third-order valence-corrected chi connectivity index (χ3v) is 8.93. The van der Waals surface area contributed by atoms with Crippen molar-refractivity contribution < 1.29 is 0 Å². The second-order valence-corrected chi connectivity index (χ2v) is 11.4. The Morgan fingerprint density at radius 2 is 1.23 bits per heavy atom. The van der Waals surface area contributed by atoms with E-state index in [1.807, 2.05) is 0 Å². The first-order chi connectivity index (χ1) is 21.8. The number of hydrogen-bond donors (Lipinski definition) is 1. The maximum Gasteiger partial charge on any atom is 0.0702 e. The Kier molecular flexibility index (Phi) is 5.57. The molecule has 3 heterocycles. The number of para-hydroxylation sites is 5. The summed E-state index contributed by atoms with van der Waals surface area (Å²) in [6.07, 6.45) is 4.49. The number of benzene rings is 6. The Labute approximate surface area is 257 Å². The van der Waals surface area contributed by atoms with E-state index in [2.05, 4.69) is 179 Å². The van der Waals surface area contributed by atoms with Crippen LogP contribution >= 0.6 is 0 Å². The van der Waals surface area contributed by atoms with E-state index in [1.54, 1.807) is 0 Å². The fraction of sp³-hybridized carbons (Fsp3) is 0.0244. The van der Waals surface area contributed by atoms with E-state index in [0.717, 1.165) is 22.7 Å². The van der Waals surface area contributed by atoms with Gasteiger partial charge in [0.05, 0.1) is 28.6 Å². The zero-order chi connectivity index (χ0) is 29.0. The number of nitrogens with one attached hydrogen (secondary N) is 1. The van der Waals surface area contributed by atoms with Crippen molar-refractivity contribution in [2.45, 2.75) is 6.04 Å². The first-order valence-electron chi connectivity index (χ1n) is 15.2. The Hall–Kier alpha value is -5.80. The first-order valence-corrected chi connectivity index (χ1v) is 15.2. The highest BCUT2D eigenvalue weighted by Gasteiger charge is 2.31. The lowest BCUT2D eigenvalue weighted by atomic mass is 9.98. The molecule has 0 radical (unpaired) electrons. The SMILES string of the molecule is C1=CC(c2cccc(N3c4ccccc4-c4c(n(-c5ccccc5)c5ccccc45)-c4ccccc43)c2)Nc2ccccc21. The van der Waals surface area contributed by atoms with Gasteiger partial charge in [0.25, 0.3) is 0 Å². The lowest BCUT2D eigenvalue weighted by molar-refractivity contribution is 0.978. The summed E-state index contributed by atoms with van der Waals surface area (Å²) in [7, 11) is 0. The van der Waals surface area contributed by atoms with Crippen LogP contribution in [0.5, 0.6) is 0 Å². The molecule has 0 saturated carbocycles. The maximum atomic E-state index is 3.74. The van der Waals surface area contributed by atoms with Crippen molar-refractivity contribution in [1.82, 2.24) is 4.57 Å². The normalized spacial score (nSPS) is 14.6. The molecular weight excluding hydrogens is 534 g/mol. The maximum absolute atomic E-state index is 3.74. The molecule has 3 nitrogen and oxygen atoms in total. The Morgan fingerprint density at radius 1 is 0.545 bits per heavy atom. The fourth-order valence-corrected chi connectivity index (χ4v) is 7.01. The van der Waals surface area contributed by atoms with E-state index < -0.39 is 0 Å². The highest BCUT2D eigenvalue weighted by Crippen LogP contribution is 2.54. The minimum Gasteiger partial charge on any atom is -0.374 e. The third kappa shape index (κ3) is 3.76. The second-order valence-electron chi connectivity index (χ2n) is 11.4. The Bertz CT molecular complexity index is 2220. The number of rotatable bonds is 3. The molecule has 0 saturated heterocycles. The summed E-state index contributed by atoms with van der Waals surface area (Å²) in [5.74, 6) is 0. The molecule has 1 unspecified atom stereocenters. The van der Waals surface area contributed by atoms with Crippen LogP contribution in [0.4, 0.5) is 22.7 Å². The van der Waals surface area contributed by atoms with Gasteiger partial charge in [-0.05, 0) is 59.7 Å². The largest absolute Gasteiger partial charge is 0.374 e. The summed E-state index contributed by atoms with van der Waals surface area (Å²) in [6.45, 7) is 0. The molecule has 44 heavy (non-hydrogen) atoms. The third-order valence-electron chi connectivity index (χ3n) is 8.93. The molecule has 6 aromatic carbocycles. The topological polar surface area (TPSA) is 20.2 Å². The van der Waals surface area contributed by atoms with Crippen molar-refractivity contribution >= 4 is 39.7 Å². The molecule has 2 aliphatic heterocycles. The van der Waals surface area contributed by atoms with Crippen molar-refractivity contribution in [3.8, 4) is 28.1 Å². The van der Waals surface area contributed by atoms with Crippen LogP contribution < -0.4 is 10.2 Å². The molecule has 7 aromatic rings. The van der Waals surface area contributed by atoms with Gasteiger partial charge < -0.3 is 14.8 Å². The molecule has 0 bridgehead atoms. The Morgan fingerprint density at radius 3 is 2.11 bits per heavy atom. The molecule has 0 amide bonds. The van der Waals surface area contributed by atoms with Crippen LogP contribution in [-0.4, -0.2) is 4.57 Å². The molecule has 1 aromatic heterocycles. The summed E-state index contributed by atoms with van der Waals surface area (Å²) in [4.78, 5) is 2.44. The molecule has 3 heteroatoms. The molecule has 2 aliphatic rings. The van der Waals surface area contributed by atoms with Gasteiger partial charge in [-0.2, -0.15) is 0 Å². The molecular formula is C41H29N3. The zero-order valence-corrected chi connectivity index (χ0v) is 24.1. The van der Waals surface area contributed by atoms with Crippen molar-refractivity contribution in [3.63, 3.8) is 0 Å². The molecule has 9 rings (SSSR count). The average Bonchev–Trinajstić information content (AvgIpc) is 3.38. The minimum atomic E-state index is 0.0888. The number of anilines is 4.